The number of rotatable bonds is 5. The first-order chi connectivity index (χ1) is 8.95. The number of hydrogen-bond acceptors (Lipinski definition) is 3. The Hall–Kier alpha value is -1.36. The number of carbonyl (C=O) groups is 2. The molecule has 1 aromatic rings. The third kappa shape index (κ3) is 4.67. The predicted octanol–water partition coefficient (Wildman–Crippen LogP) is 2.77. The van der Waals surface area contributed by atoms with E-state index in [2.05, 4.69) is 21.2 Å². The molecular weight excluding hydrogens is 310 g/mol. The van der Waals surface area contributed by atoms with Crippen molar-refractivity contribution in [1.82, 2.24) is 5.32 Å². The molecule has 0 unspecified atom stereocenters. The molecule has 0 aliphatic heterocycles. The van der Waals surface area contributed by atoms with E-state index in [1.807, 2.05) is 19.9 Å². The second-order valence-electron chi connectivity index (χ2n) is 4.66. The number of halogens is 1. The minimum Gasteiger partial charge on any atom is -0.467 e. The highest BCUT2D eigenvalue weighted by molar-refractivity contribution is 9.10. The van der Waals surface area contributed by atoms with Crippen molar-refractivity contribution in [3.05, 3.63) is 34.3 Å². The van der Waals surface area contributed by atoms with Gasteiger partial charge in [-0.15, -0.1) is 0 Å². The van der Waals surface area contributed by atoms with E-state index in [0.717, 1.165) is 0 Å². The summed E-state index contributed by atoms with van der Waals surface area (Å²) in [6.45, 7) is 3.97. The topological polar surface area (TPSA) is 55.4 Å². The van der Waals surface area contributed by atoms with Crippen molar-refractivity contribution in [1.29, 1.82) is 0 Å². The van der Waals surface area contributed by atoms with Crippen molar-refractivity contribution in [2.24, 2.45) is 5.92 Å². The SMILES string of the molecule is COC(=O)[C@H](CC(C)C)NC(=O)c1ccccc1Br. The molecule has 1 atom stereocenters. The lowest BCUT2D eigenvalue weighted by molar-refractivity contribution is -0.143. The van der Waals surface area contributed by atoms with Gasteiger partial charge in [-0.2, -0.15) is 0 Å². The molecule has 1 aromatic carbocycles. The summed E-state index contributed by atoms with van der Waals surface area (Å²) in [5.41, 5.74) is 0.500. The van der Waals surface area contributed by atoms with Gasteiger partial charge in [0.1, 0.15) is 6.04 Å². The van der Waals surface area contributed by atoms with E-state index in [1.165, 1.54) is 7.11 Å². The van der Waals surface area contributed by atoms with Crippen LogP contribution in [-0.4, -0.2) is 25.0 Å². The molecule has 19 heavy (non-hydrogen) atoms. The van der Waals surface area contributed by atoms with Crippen molar-refractivity contribution in [2.45, 2.75) is 26.3 Å². The fraction of sp³-hybridized carbons (Fsp3) is 0.429. The van der Waals surface area contributed by atoms with Crippen LogP contribution in [0.15, 0.2) is 28.7 Å². The zero-order valence-electron chi connectivity index (χ0n) is 11.3. The summed E-state index contributed by atoms with van der Waals surface area (Å²) in [5, 5.41) is 2.71. The van der Waals surface area contributed by atoms with Crippen LogP contribution in [0.4, 0.5) is 0 Å². The molecule has 5 heteroatoms. The highest BCUT2D eigenvalue weighted by Crippen LogP contribution is 2.16. The normalized spacial score (nSPS) is 12.1. The zero-order chi connectivity index (χ0) is 14.4. The van der Waals surface area contributed by atoms with E-state index < -0.39 is 12.0 Å². The molecular formula is C14H18BrNO3. The van der Waals surface area contributed by atoms with Crippen LogP contribution in [0.2, 0.25) is 0 Å². The lowest BCUT2D eigenvalue weighted by Gasteiger charge is -2.18. The highest BCUT2D eigenvalue weighted by atomic mass is 79.9. The van der Waals surface area contributed by atoms with E-state index in [4.69, 9.17) is 4.74 Å². The molecule has 0 spiro atoms. The molecule has 0 aromatic heterocycles. The quantitative estimate of drug-likeness (QED) is 0.846. The summed E-state index contributed by atoms with van der Waals surface area (Å²) in [6.07, 6.45) is 0.545. The summed E-state index contributed by atoms with van der Waals surface area (Å²) in [6, 6.07) is 6.46. The second-order valence-corrected chi connectivity index (χ2v) is 5.51. The van der Waals surface area contributed by atoms with Crippen LogP contribution in [0.5, 0.6) is 0 Å². The number of hydrogen-bond donors (Lipinski definition) is 1. The van der Waals surface area contributed by atoms with Gasteiger partial charge in [-0.3, -0.25) is 4.79 Å². The number of amides is 1. The molecule has 1 amide bonds. The fourth-order valence-corrected chi connectivity index (χ4v) is 2.17. The molecule has 0 saturated carbocycles. The minimum atomic E-state index is -0.621. The number of nitrogens with one attached hydrogen (secondary N) is 1. The lowest BCUT2D eigenvalue weighted by Crippen LogP contribution is -2.42. The molecule has 1 rings (SSSR count). The van der Waals surface area contributed by atoms with Crippen LogP contribution in [0, 0.1) is 5.92 Å². The Morgan fingerprint density at radius 2 is 1.95 bits per heavy atom. The van der Waals surface area contributed by atoms with Gasteiger partial charge in [0.15, 0.2) is 0 Å². The summed E-state index contributed by atoms with van der Waals surface area (Å²) in [7, 11) is 1.32. The summed E-state index contributed by atoms with van der Waals surface area (Å²) >= 11 is 3.31. The average Bonchev–Trinajstić information content (AvgIpc) is 2.36. The molecule has 4 nitrogen and oxygen atoms in total. The van der Waals surface area contributed by atoms with Crippen molar-refractivity contribution >= 4 is 27.8 Å². The third-order valence-electron chi connectivity index (χ3n) is 2.62. The molecule has 0 fully saturated rings. The Morgan fingerprint density at radius 1 is 1.32 bits per heavy atom. The monoisotopic (exact) mass is 327 g/mol. The Morgan fingerprint density at radius 3 is 2.47 bits per heavy atom. The first kappa shape index (κ1) is 15.7. The van der Waals surface area contributed by atoms with Crippen LogP contribution in [0.25, 0.3) is 0 Å². The average molecular weight is 328 g/mol. The molecule has 0 radical (unpaired) electrons. The summed E-state index contributed by atoms with van der Waals surface area (Å²) in [4.78, 5) is 23.8. The third-order valence-corrected chi connectivity index (χ3v) is 3.31. The Bertz CT molecular complexity index is 460. The Balaban J connectivity index is 2.82. The standard InChI is InChI=1S/C14H18BrNO3/c1-9(2)8-12(14(18)19-3)16-13(17)10-6-4-5-7-11(10)15/h4-7,9,12H,8H2,1-3H3,(H,16,17)/t12-/m0/s1. The summed E-state index contributed by atoms with van der Waals surface area (Å²) < 4.78 is 5.41. The van der Waals surface area contributed by atoms with E-state index >= 15 is 0 Å². The largest absolute Gasteiger partial charge is 0.467 e. The maximum absolute atomic E-state index is 12.1. The van der Waals surface area contributed by atoms with Gasteiger partial charge in [0, 0.05) is 4.47 Å². The maximum atomic E-state index is 12.1. The minimum absolute atomic E-state index is 0.281. The number of ether oxygens (including phenoxy) is 1. The number of methoxy groups -OCH3 is 1. The Labute approximate surface area is 121 Å². The van der Waals surface area contributed by atoms with Crippen LogP contribution in [0.3, 0.4) is 0 Å². The van der Waals surface area contributed by atoms with Crippen LogP contribution >= 0.6 is 15.9 Å². The number of carbonyl (C=O) groups excluding carboxylic acids is 2. The molecule has 0 saturated heterocycles. The van der Waals surface area contributed by atoms with Gasteiger partial charge in [0.05, 0.1) is 12.7 Å². The second kappa shape index (κ2) is 7.28. The van der Waals surface area contributed by atoms with E-state index in [0.29, 0.717) is 16.5 Å². The van der Waals surface area contributed by atoms with E-state index in [9.17, 15) is 9.59 Å². The van der Waals surface area contributed by atoms with E-state index in [1.54, 1.807) is 18.2 Å². The fourth-order valence-electron chi connectivity index (χ4n) is 1.71. The zero-order valence-corrected chi connectivity index (χ0v) is 12.9. The van der Waals surface area contributed by atoms with Crippen molar-refractivity contribution in [3.8, 4) is 0 Å². The summed E-state index contributed by atoms with van der Waals surface area (Å²) in [5.74, 6) is -0.429. The van der Waals surface area contributed by atoms with Gasteiger partial charge >= 0.3 is 5.97 Å². The molecule has 104 valence electrons. The smallest absolute Gasteiger partial charge is 0.328 e. The van der Waals surface area contributed by atoms with Crippen LogP contribution in [-0.2, 0) is 9.53 Å². The molecule has 0 bridgehead atoms. The van der Waals surface area contributed by atoms with Gasteiger partial charge in [0.2, 0.25) is 0 Å². The van der Waals surface area contributed by atoms with Crippen molar-refractivity contribution < 1.29 is 14.3 Å². The number of benzene rings is 1. The van der Waals surface area contributed by atoms with Gasteiger partial charge in [-0.05, 0) is 40.4 Å². The number of esters is 1. The lowest BCUT2D eigenvalue weighted by atomic mass is 10.0. The van der Waals surface area contributed by atoms with Crippen LogP contribution in [0.1, 0.15) is 30.6 Å². The van der Waals surface area contributed by atoms with Crippen molar-refractivity contribution in [2.75, 3.05) is 7.11 Å². The molecule has 0 aliphatic carbocycles. The first-order valence-electron chi connectivity index (χ1n) is 6.09. The van der Waals surface area contributed by atoms with E-state index in [-0.39, 0.29) is 11.8 Å². The van der Waals surface area contributed by atoms with Gasteiger partial charge in [-0.1, -0.05) is 26.0 Å². The predicted molar refractivity (Wildman–Crippen MR) is 76.9 cm³/mol. The van der Waals surface area contributed by atoms with Gasteiger partial charge in [0.25, 0.3) is 5.91 Å². The maximum Gasteiger partial charge on any atom is 0.328 e. The highest BCUT2D eigenvalue weighted by Gasteiger charge is 2.23. The first-order valence-corrected chi connectivity index (χ1v) is 6.88. The molecule has 0 aliphatic rings. The van der Waals surface area contributed by atoms with Crippen LogP contribution < -0.4 is 5.32 Å². The van der Waals surface area contributed by atoms with Gasteiger partial charge in [-0.25, -0.2) is 4.79 Å². The Kier molecular flexibility index (Phi) is 6.02. The molecule has 1 N–H and O–H groups in total. The van der Waals surface area contributed by atoms with Crippen molar-refractivity contribution in [3.63, 3.8) is 0 Å². The van der Waals surface area contributed by atoms with Gasteiger partial charge < -0.3 is 10.1 Å². The molecule has 0 heterocycles.